The molecule has 0 spiro atoms. The molecule has 1 aromatic carbocycles. The van der Waals surface area contributed by atoms with E-state index in [1.54, 1.807) is 6.26 Å². The van der Waals surface area contributed by atoms with E-state index >= 15 is 0 Å². The quantitative estimate of drug-likeness (QED) is 0.759. The summed E-state index contributed by atoms with van der Waals surface area (Å²) in [4.78, 5) is 4.54. The van der Waals surface area contributed by atoms with Crippen molar-refractivity contribution in [3.05, 3.63) is 42.0 Å². The van der Waals surface area contributed by atoms with Crippen molar-refractivity contribution in [3.63, 3.8) is 0 Å². The van der Waals surface area contributed by atoms with E-state index in [1.807, 2.05) is 0 Å². The molecule has 0 saturated heterocycles. The Hall–Kier alpha value is -1.57. The first-order chi connectivity index (χ1) is 8.38. The molecule has 0 aliphatic rings. The van der Waals surface area contributed by atoms with Crippen molar-refractivity contribution in [3.8, 4) is 11.3 Å². The summed E-state index contributed by atoms with van der Waals surface area (Å²) in [6.07, 6.45) is 1.75. The molecule has 1 heterocycles. The minimum Gasteiger partial charge on any atom is -0.448 e. The summed E-state index contributed by atoms with van der Waals surface area (Å²) in [7, 11) is 0. The molecule has 0 aliphatic carbocycles. The Balaban J connectivity index is 2.38. The summed E-state index contributed by atoms with van der Waals surface area (Å²) in [5.74, 6) is 1.12. The second kappa shape index (κ2) is 4.60. The van der Waals surface area contributed by atoms with Gasteiger partial charge in [0.15, 0.2) is 5.89 Å². The first-order valence-corrected chi connectivity index (χ1v) is 6.44. The Bertz CT molecular complexity index is 532. The van der Waals surface area contributed by atoms with Gasteiger partial charge < -0.3 is 4.42 Å². The Morgan fingerprint density at radius 3 is 2.44 bits per heavy atom. The second-order valence-corrected chi connectivity index (χ2v) is 6.06. The number of rotatable bonds is 2. The van der Waals surface area contributed by atoms with Crippen LogP contribution < -0.4 is 0 Å². The zero-order valence-corrected chi connectivity index (χ0v) is 11.8. The maximum atomic E-state index is 5.49. The van der Waals surface area contributed by atoms with Crippen LogP contribution in [-0.4, -0.2) is 4.98 Å². The molecule has 18 heavy (non-hydrogen) atoms. The number of nitrogens with zero attached hydrogens (tertiary/aromatic N) is 1. The highest BCUT2D eigenvalue weighted by molar-refractivity contribution is 5.59. The van der Waals surface area contributed by atoms with Crippen molar-refractivity contribution in [2.75, 3.05) is 0 Å². The average Bonchev–Trinajstić information content (AvgIpc) is 2.77. The minimum atomic E-state index is 0.153. The molecule has 0 aliphatic heterocycles. The standard InChI is InChI=1S/C16H21NO/c1-11(2)15-17-14(10-18-15)12-7-6-8-13(9-12)16(3,4)5/h6-11H,1-5H3. The molecule has 0 radical (unpaired) electrons. The van der Waals surface area contributed by atoms with Gasteiger partial charge in [-0.15, -0.1) is 0 Å². The summed E-state index contributed by atoms with van der Waals surface area (Å²) in [6.45, 7) is 10.8. The molecule has 0 saturated carbocycles. The third kappa shape index (κ3) is 2.63. The van der Waals surface area contributed by atoms with E-state index in [2.05, 4.69) is 63.9 Å². The highest BCUT2D eigenvalue weighted by Gasteiger charge is 2.15. The molecular weight excluding hydrogens is 222 g/mol. The van der Waals surface area contributed by atoms with E-state index < -0.39 is 0 Å². The van der Waals surface area contributed by atoms with Crippen LogP contribution >= 0.6 is 0 Å². The largest absolute Gasteiger partial charge is 0.448 e. The first-order valence-electron chi connectivity index (χ1n) is 6.44. The van der Waals surface area contributed by atoms with E-state index in [9.17, 15) is 0 Å². The highest BCUT2D eigenvalue weighted by Crippen LogP contribution is 2.28. The summed E-state index contributed by atoms with van der Waals surface area (Å²) >= 11 is 0. The number of oxazole rings is 1. The molecule has 0 N–H and O–H groups in total. The van der Waals surface area contributed by atoms with E-state index in [0.29, 0.717) is 5.92 Å². The van der Waals surface area contributed by atoms with E-state index in [4.69, 9.17) is 4.42 Å². The molecule has 0 unspecified atom stereocenters. The lowest BCUT2D eigenvalue weighted by Crippen LogP contribution is -2.10. The summed E-state index contributed by atoms with van der Waals surface area (Å²) in [5.41, 5.74) is 3.51. The van der Waals surface area contributed by atoms with Crippen molar-refractivity contribution < 1.29 is 4.42 Å². The van der Waals surface area contributed by atoms with Gasteiger partial charge in [-0.1, -0.05) is 52.8 Å². The number of hydrogen-bond donors (Lipinski definition) is 0. The van der Waals surface area contributed by atoms with Gasteiger partial charge in [0, 0.05) is 11.5 Å². The van der Waals surface area contributed by atoms with Gasteiger partial charge in [-0.05, 0) is 17.0 Å². The van der Waals surface area contributed by atoms with Crippen LogP contribution in [0.2, 0.25) is 0 Å². The Labute approximate surface area is 109 Å². The van der Waals surface area contributed by atoms with Crippen molar-refractivity contribution in [1.82, 2.24) is 4.98 Å². The van der Waals surface area contributed by atoms with Crippen molar-refractivity contribution in [2.24, 2.45) is 0 Å². The number of hydrogen-bond acceptors (Lipinski definition) is 2. The maximum absolute atomic E-state index is 5.49. The third-order valence-electron chi connectivity index (χ3n) is 3.04. The van der Waals surface area contributed by atoms with E-state index in [1.165, 1.54) is 5.56 Å². The summed E-state index contributed by atoms with van der Waals surface area (Å²) in [5, 5.41) is 0. The molecule has 0 atom stereocenters. The summed E-state index contributed by atoms with van der Waals surface area (Å²) < 4.78 is 5.49. The highest BCUT2D eigenvalue weighted by atomic mass is 16.3. The SMILES string of the molecule is CC(C)c1nc(-c2cccc(C(C)(C)C)c2)co1. The van der Waals surface area contributed by atoms with Crippen molar-refractivity contribution in [2.45, 2.75) is 46.0 Å². The molecule has 96 valence electrons. The fourth-order valence-electron chi connectivity index (χ4n) is 1.83. The Kier molecular flexibility index (Phi) is 3.29. The van der Waals surface area contributed by atoms with Crippen LogP contribution in [0.1, 0.15) is 52.0 Å². The van der Waals surface area contributed by atoms with Crippen molar-refractivity contribution in [1.29, 1.82) is 0 Å². The predicted molar refractivity (Wildman–Crippen MR) is 74.7 cm³/mol. The molecule has 2 aromatic rings. The van der Waals surface area contributed by atoms with Gasteiger partial charge in [0.2, 0.25) is 0 Å². The molecule has 1 aromatic heterocycles. The molecule has 2 rings (SSSR count). The van der Waals surface area contributed by atoms with Gasteiger partial charge in [0.05, 0.1) is 0 Å². The van der Waals surface area contributed by atoms with Gasteiger partial charge in [-0.3, -0.25) is 0 Å². The topological polar surface area (TPSA) is 26.0 Å². The first kappa shape index (κ1) is 12.9. The number of aromatic nitrogens is 1. The fourth-order valence-corrected chi connectivity index (χ4v) is 1.83. The van der Waals surface area contributed by atoms with Crippen LogP contribution in [0.25, 0.3) is 11.3 Å². The molecule has 2 heteroatoms. The van der Waals surface area contributed by atoms with Gasteiger partial charge in [-0.25, -0.2) is 4.98 Å². The zero-order chi connectivity index (χ0) is 13.3. The van der Waals surface area contributed by atoms with Crippen LogP contribution in [0, 0.1) is 0 Å². The zero-order valence-electron chi connectivity index (χ0n) is 11.8. The van der Waals surface area contributed by atoms with E-state index in [0.717, 1.165) is 17.1 Å². The lowest BCUT2D eigenvalue weighted by atomic mass is 9.86. The predicted octanol–water partition coefficient (Wildman–Crippen LogP) is 4.76. The van der Waals surface area contributed by atoms with Gasteiger partial charge in [-0.2, -0.15) is 0 Å². The molecule has 0 amide bonds. The van der Waals surface area contributed by atoms with Crippen LogP contribution in [0.15, 0.2) is 34.9 Å². The second-order valence-electron chi connectivity index (χ2n) is 6.06. The van der Waals surface area contributed by atoms with Gasteiger partial charge >= 0.3 is 0 Å². The smallest absolute Gasteiger partial charge is 0.197 e. The maximum Gasteiger partial charge on any atom is 0.197 e. The number of benzene rings is 1. The minimum absolute atomic E-state index is 0.153. The lowest BCUT2D eigenvalue weighted by molar-refractivity contribution is 0.471. The molecular formula is C16H21NO. The van der Waals surface area contributed by atoms with Crippen LogP contribution in [0.4, 0.5) is 0 Å². The third-order valence-corrected chi connectivity index (χ3v) is 3.04. The average molecular weight is 243 g/mol. The summed E-state index contributed by atoms with van der Waals surface area (Å²) in [6, 6.07) is 8.52. The van der Waals surface area contributed by atoms with Crippen LogP contribution in [-0.2, 0) is 5.41 Å². The normalized spacial score (nSPS) is 12.1. The van der Waals surface area contributed by atoms with E-state index in [-0.39, 0.29) is 5.41 Å². The lowest BCUT2D eigenvalue weighted by Gasteiger charge is -2.19. The fraction of sp³-hybridized carbons (Fsp3) is 0.438. The molecule has 2 nitrogen and oxygen atoms in total. The monoisotopic (exact) mass is 243 g/mol. The van der Waals surface area contributed by atoms with Gasteiger partial charge in [0.25, 0.3) is 0 Å². The van der Waals surface area contributed by atoms with Crippen LogP contribution in [0.5, 0.6) is 0 Å². The molecule has 0 bridgehead atoms. The Morgan fingerprint density at radius 2 is 1.89 bits per heavy atom. The Morgan fingerprint density at radius 1 is 1.17 bits per heavy atom. The van der Waals surface area contributed by atoms with Gasteiger partial charge in [0.1, 0.15) is 12.0 Å². The molecule has 0 fully saturated rings. The van der Waals surface area contributed by atoms with Crippen LogP contribution in [0.3, 0.4) is 0 Å². The van der Waals surface area contributed by atoms with Crippen molar-refractivity contribution >= 4 is 0 Å².